The molecular formula is C4H6ClO2P. The summed E-state index contributed by atoms with van der Waals surface area (Å²) in [5, 5.41) is 8.74. The second kappa shape index (κ2) is 2.12. The summed E-state index contributed by atoms with van der Waals surface area (Å²) in [7, 11) is -1.74. The topological polar surface area (TPSA) is 37.3 Å². The quantitative estimate of drug-likeness (QED) is 0.539. The Hall–Kier alpha value is 0.0600. The third-order valence-corrected chi connectivity index (χ3v) is 3.42. The highest BCUT2D eigenvalue weighted by Crippen LogP contribution is 2.44. The predicted octanol–water partition coefficient (Wildman–Crippen LogP) is 1.92. The first-order valence-corrected chi connectivity index (χ1v) is 4.32. The summed E-state index contributed by atoms with van der Waals surface area (Å²) < 4.78 is 10.8. The maximum absolute atomic E-state index is 10.6. The minimum Gasteiger partial charge on any atom is -0.511 e. The van der Waals surface area contributed by atoms with E-state index in [0.717, 1.165) is 0 Å². The van der Waals surface area contributed by atoms with Gasteiger partial charge < -0.3 is 9.67 Å². The highest BCUT2D eigenvalue weighted by Gasteiger charge is 2.18. The van der Waals surface area contributed by atoms with Gasteiger partial charge >= 0.3 is 0 Å². The summed E-state index contributed by atoms with van der Waals surface area (Å²) in [6.45, 7) is 0. The summed E-state index contributed by atoms with van der Waals surface area (Å²) in [6.07, 6.45) is 1.05. The Balaban J connectivity index is 2.86. The van der Waals surface area contributed by atoms with Gasteiger partial charge in [0.2, 0.25) is 0 Å². The molecule has 0 fully saturated rings. The lowest BCUT2D eigenvalue weighted by Gasteiger charge is -1.84. The number of rotatable bonds is 0. The van der Waals surface area contributed by atoms with Crippen LogP contribution < -0.4 is 0 Å². The van der Waals surface area contributed by atoms with Crippen LogP contribution in [0, 0.1) is 0 Å². The molecule has 0 bridgehead atoms. The lowest BCUT2D eigenvalue weighted by Crippen LogP contribution is -1.72. The summed E-state index contributed by atoms with van der Waals surface area (Å²) in [5.74, 6) is 0.121. The number of halogens is 1. The zero-order chi connectivity index (χ0) is 6.15. The van der Waals surface area contributed by atoms with E-state index in [9.17, 15) is 4.57 Å². The molecule has 0 aromatic rings. The van der Waals surface area contributed by atoms with Crippen LogP contribution in [0.4, 0.5) is 0 Å². The second-order valence-electron chi connectivity index (χ2n) is 1.68. The Morgan fingerprint density at radius 2 is 2.38 bits per heavy atom. The Morgan fingerprint density at radius 1 is 1.75 bits per heavy atom. The van der Waals surface area contributed by atoms with Crippen LogP contribution in [0.3, 0.4) is 0 Å². The highest BCUT2D eigenvalue weighted by molar-refractivity contribution is 7.52. The van der Waals surface area contributed by atoms with Gasteiger partial charge in [0.15, 0.2) is 0 Å². The van der Waals surface area contributed by atoms with Crippen LogP contribution in [0.25, 0.3) is 0 Å². The van der Waals surface area contributed by atoms with Crippen LogP contribution in [0.15, 0.2) is 10.5 Å². The standard InChI is InChI=1S/C4H6ClO2P/c5-4-3(6)1-2-8(4)7/h6,8H,1-2H2. The van der Waals surface area contributed by atoms with E-state index in [1.54, 1.807) is 0 Å². The molecule has 0 aromatic heterocycles. The molecule has 1 unspecified atom stereocenters. The molecule has 0 aromatic carbocycles. The van der Waals surface area contributed by atoms with Crippen LogP contribution in [-0.4, -0.2) is 11.3 Å². The minimum absolute atomic E-state index is 0.121. The summed E-state index contributed by atoms with van der Waals surface area (Å²) in [6, 6.07) is 0. The van der Waals surface area contributed by atoms with Crippen molar-refractivity contribution in [2.45, 2.75) is 6.42 Å². The molecule has 1 N–H and O–H groups in total. The largest absolute Gasteiger partial charge is 0.511 e. The Labute approximate surface area is 52.9 Å². The summed E-state index contributed by atoms with van der Waals surface area (Å²) >= 11 is 5.38. The Kier molecular flexibility index (Phi) is 1.64. The Bertz CT molecular complexity index is 163. The molecule has 0 amide bonds. The monoisotopic (exact) mass is 152 g/mol. The third kappa shape index (κ3) is 0.910. The van der Waals surface area contributed by atoms with Crippen LogP contribution in [-0.2, 0) is 4.57 Å². The van der Waals surface area contributed by atoms with Crippen LogP contribution >= 0.6 is 19.4 Å². The molecule has 0 radical (unpaired) electrons. The number of allylic oxidation sites excluding steroid dienone is 1. The molecule has 1 rings (SSSR count). The van der Waals surface area contributed by atoms with E-state index in [1.807, 2.05) is 0 Å². The maximum Gasteiger partial charge on any atom is 0.118 e. The van der Waals surface area contributed by atoms with E-state index < -0.39 is 7.80 Å². The number of aliphatic hydroxyl groups excluding tert-OH is 1. The van der Waals surface area contributed by atoms with Gasteiger partial charge in [-0.2, -0.15) is 0 Å². The van der Waals surface area contributed by atoms with Gasteiger partial charge in [-0.15, -0.1) is 0 Å². The van der Waals surface area contributed by atoms with E-state index in [0.29, 0.717) is 12.6 Å². The molecule has 46 valence electrons. The van der Waals surface area contributed by atoms with Crippen LogP contribution in [0.2, 0.25) is 0 Å². The van der Waals surface area contributed by atoms with Gasteiger partial charge in [0.1, 0.15) is 18.3 Å². The molecule has 1 heterocycles. The first-order chi connectivity index (χ1) is 3.72. The molecule has 8 heavy (non-hydrogen) atoms. The normalized spacial score (nSPS) is 29.4. The minimum atomic E-state index is -1.74. The van der Waals surface area contributed by atoms with Crippen LogP contribution in [0.1, 0.15) is 6.42 Å². The van der Waals surface area contributed by atoms with Crippen molar-refractivity contribution in [3.8, 4) is 0 Å². The lowest BCUT2D eigenvalue weighted by atomic mass is 10.4. The van der Waals surface area contributed by atoms with Gasteiger partial charge in [0.05, 0.1) is 0 Å². The second-order valence-corrected chi connectivity index (χ2v) is 4.23. The fourth-order valence-electron chi connectivity index (χ4n) is 0.612. The van der Waals surface area contributed by atoms with Crippen molar-refractivity contribution in [1.29, 1.82) is 0 Å². The highest BCUT2D eigenvalue weighted by atomic mass is 35.5. The van der Waals surface area contributed by atoms with E-state index >= 15 is 0 Å². The van der Waals surface area contributed by atoms with Crippen molar-refractivity contribution in [2.75, 3.05) is 6.16 Å². The van der Waals surface area contributed by atoms with Crippen molar-refractivity contribution in [3.05, 3.63) is 10.5 Å². The van der Waals surface area contributed by atoms with Crippen molar-refractivity contribution in [2.24, 2.45) is 0 Å². The van der Waals surface area contributed by atoms with E-state index in [2.05, 4.69) is 0 Å². The fourth-order valence-corrected chi connectivity index (χ4v) is 2.12. The molecule has 1 atom stereocenters. The first kappa shape index (κ1) is 6.18. The Morgan fingerprint density at radius 3 is 2.50 bits per heavy atom. The zero-order valence-electron chi connectivity index (χ0n) is 4.15. The van der Waals surface area contributed by atoms with E-state index in [-0.39, 0.29) is 10.5 Å². The lowest BCUT2D eigenvalue weighted by molar-refractivity contribution is 0.399. The number of hydrogen-bond acceptors (Lipinski definition) is 2. The van der Waals surface area contributed by atoms with Crippen molar-refractivity contribution in [3.63, 3.8) is 0 Å². The van der Waals surface area contributed by atoms with Gasteiger partial charge in [0.25, 0.3) is 0 Å². The van der Waals surface area contributed by atoms with E-state index in [1.165, 1.54) is 0 Å². The number of aliphatic hydroxyl groups is 1. The van der Waals surface area contributed by atoms with Crippen molar-refractivity contribution >= 4 is 19.4 Å². The zero-order valence-corrected chi connectivity index (χ0v) is 5.90. The van der Waals surface area contributed by atoms with Crippen LogP contribution in [0.5, 0.6) is 0 Å². The molecule has 2 nitrogen and oxygen atoms in total. The van der Waals surface area contributed by atoms with E-state index in [4.69, 9.17) is 16.7 Å². The summed E-state index contributed by atoms with van der Waals surface area (Å²) in [5.41, 5.74) is 0. The van der Waals surface area contributed by atoms with Gasteiger partial charge in [-0.3, -0.25) is 0 Å². The summed E-state index contributed by atoms with van der Waals surface area (Å²) in [4.78, 5) is 0. The molecule has 0 spiro atoms. The molecule has 0 saturated heterocycles. The third-order valence-electron chi connectivity index (χ3n) is 1.09. The number of hydrogen-bond donors (Lipinski definition) is 1. The van der Waals surface area contributed by atoms with Gasteiger partial charge in [0, 0.05) is 12.6 Å². The average Bonchev–Trinajstić information content (AvgIpc) is 1.98. The molecule has 1 aliphatic rings. The predicted molar refractivity (Wildman–Crippen MR) is 34.0 cm³/mol. The fraction of sp³-hybridized carbons (Fsp3) is 0.500. The molecule has 0 saturated carbocycles. The van der Waals surface area contributed by atoms with Gasteiger partial charge in [-0.05, 0) is 0 Å². The first-order valence-electron chi connectivity index (χ1n) is 2.32. The molecular weight excluding hydrogens is 146 g/mol. The van der Waals surface area contributed by atoms with Crippen molar-refractivity contribution in [1.82, 2.24) is 0 Å². The molecule has 4 heteroatoms. The van der Waals surface area contributed by atoms with Gasteiger partial charge in [-0.1, -0.05) is 11.6 Å². The SMILES string of the molecule is O=[PH]1CCC(O)=C1Cl. The smallest absolute Gasteiger partial charge is 0.118 e. The molecule has 0 aliphatic carbocycles. The average molecular weight is 153 g/mol. The maximum atomic E-state index is 10.6. The van der Waals surface area contributed by atoms with Crippen molar-refractivity contribution < 1.29 is 9.67 Å². The van der Waals surface area contributed by atoms with Gasteiger partial charge in [-0.25, -0.2) is 0 Å². The molecule has 1 aliphatic heterocycles.